The van der Waals surface area contributed by atoms with Crippen LogP contribution in [-0.4, -0.2) is 17.3 Å². The van der Waals surface area contributed by atoms with E-state index in [0.29, 0.717) is 6.61 Å². The van der Waals surface area contributed by atoms with Crippen molar-refractivity contribution in [2.45, 2.75) is 32.6 Å². The molecule has 0 aliphatic rings. The van der Waals surface area contributed by atoms with Crippen LogP contribution in [0.3, 0.4) is 0 Å². The van der Waals surface area contributed by atoms with Crippen molar-refractivity contribution in [3.05, 3.63) is 74.8 Å². The van der Waals surface area contributed by atoms with Gasteiger partial charge in [-0.3, -0.25) is 14.9 Å². The van der Waals surface area contributed by atoms with E-state index in [1.54, 1.807) is 6.08 Å². The van der Waals surface area contributed by atoms with Crippen molar-refractivity contribution in [3.63, 3.8) is 0 Å². The van der Waals surface area contributed by atoms with Crippen molar-refractivity contribution in [1.82, 2.24) is 0 Å². The van der Waals surface area contributed by atoms with Crippen molar-refractivity contribution in [2.75, 3.05) is 6.61 Å². The van der Waals surface area contributed by atoms with Crippen LogP contribution in [0.4, 0.5) is 5.69 Å². The highest BCUT2D eigenvalue weighted by Crippen LogP contribution is 2.25. The molecule has 0 bridgehead atoms. The molecule has 0 amide bonds. The number of rotatable bonds is 10. The van der Waals surface area contributed by atoms with Crippen LogP contribution < -0.4 is 4.74 Å². The molecule has 0 aliphatic carbocycles. The fraction of sp³-hybridized carbons (Fsp3) is 0.286. The first-order valence-corrected chi connectivity index (χ1v) is 9.28. The van der Waals surface area contributed by atoms with Gasteiger partial charge >= 0.3 is 0 Å². The minimum absolute atomic E-state index is 0.00538. The summed E-state index contributed by atoms with van der Waals surface area (Å²) in [5, 5.41) is 10.9. The van der Waals surface area contributed by atoms with Crippen LogP contribution in [0, 0.1) is 10.1 Å². The van der Waals surface area contributed by atoms with Gasteiger partial charge in [-0.1, -0.05) is 56.0 Å². The lowest BCUT2D eigenvalue weighted by Crippen LogP contribution is -1.97. The Labute approximate surface area is 163 Å². The predicted molar refractivity (Wildman–Crippen MR) is 108 cm³/mol. The van der Waals surface area contributed by atoms with E-state index in [4.69, 9.17) is 16.3 Å². The molecule has 0 aromatic heterocycles. The summed E-state index contributed by atoms with van der Waals surface area (Å²) in [6.45, 7) is 2.87. The number of ketones is 1. The molecule has 6 heteroatoms. The van der Waals surface area contributed by atoms with Gasteiger partial charge in [-0.15, -0.1) is 0 Å². The third kappa shape index (κ3) is 6.53. The molecule has 0 saturated heterocycles. The molecular formula is C21H22ClNO4. The topological polar surface area (TPSA) is 69.4 Å². The Morgan fingerprint density at radius 1 is 1.15 bits per heavy atom. The molecule has 2 rings (SSSR count). The number of carbonyl (C=O) groups is 1. The first-order chi connectivity index (χ1) is 13.0. The van der Waals surface area contributed by atoms with Crippen molar-refractivity contribution in [1.29, 1.82) is 0 Å². The van der Waals surface area contributed by atoms with Crippen LogP contribution >= 0.6 is 11.6 Å². The molecule has 0 aliphatic heterocycles. The standard InChI is InChI=1S/C21H22ClNO4/c1-2-3-4-5-14-27-18-10-6-16(7-11-18)8-13-21(24)17-9-12-19(22)20(15-17)23(25)26/h6-13,15H,2-5,14H2,1H3/b13-8+. The number of benzene rings is 2. The maximum atomic E-state index is 12.2. The van der Waals surface area contributed by atoms with E-state index < -0.39 is 4.92 Å². The minimum atomic E-state index is -0.607. The molecule has 0 heterocycles. The van der Waals surface area contributed by atoms with E-state index >= 15 is 0 Å². The minimum Gasteiger partial charge on any atom is -0.494 e. The van der Waals surface area contributed by atoms with Gasteiger partial charge in [-0.2, -0.15) is 0 Å². The number of carbonyl (C=O) groups excluding carboxylic acids is 1. The summed E-state index contributed by atoms with van der Waals surface area (Å²) in [4.78, 5) is 22.5. The van der Waals surface area contributed by atoms with Gasteiger partial charge in [0.15, 0.2) is 5.78 Å². The predicted octanol–water partition coefficient (Wildman–Crippen LogP) is 6.10. The molecule has 0 atom stereocenters. The summed E-state index contributed by atoms with van der Waals surface area (Å²) in [7, 11) is 0. The van der Waals surface area contributed by atoms with Gasteiger partial charge in [0.2, 0.25) is 0 Å². The molecule has 2 aromatic carbocycles. The lowest BCUT2D eigenvalue weighted by atomic mass is 10.1. The lowest BCUT2D eigenvalue weighted by molar-refractivity contribution is -0.384. The molecule has 0 unspecified atom stereocenters. The monoisotopic (exact) mass is 387 g/mol. The summed E-state index contributed by atoms with van der Waals surface area (Å²) in [6.07, 6.45) is 7.67. The van der Waals surface area contributed by atoms with Gasteiger partial charge < -0.3 is 4.74 Å². The van der Waals surface area contributed by atoms with Crippen LogP contribution in [-0.2, 0) is 0 Å². The van der Waals surface area contributed by atoms with Crippen LogP contribution in [0.15, 0.2) is 48.5 Å². The van der Waals surface area contributed by atoms with Gasteiger partial charge in [0, 0.05) is 11.6 Å². The maximum absolute atomic E-state index is 12.2. The van der Waals surface area contributed by atoms with Gasteiger partial charge in [0.25, 0.3) is 5.69 Å². The molecule has 27 heavy (non-hydrogen) atoms. The van der Waals surface area contributed by atoms with Crippen LogP contribution in [0.1, 0.15) is 48.5 Å². The highest BCUT2D eigenvalue weighted by molar-refractivity contribution is 6.32. The van der Waals surface area contributed by atoms with Gasteiger partial charge in [0.05, 0.1) is 11.5 Å². The van der Waals surface area contributed by atoms with E-state index in [2.05, 4.69) is 6.92 Å². The number of nitrogens with zero attached hydrogens (tertiary/aromatic N) is 1. The van der Waals surface area contributed by atoms with E-state index in [-0.39, 0.29) is 22.1 Å². The molecule has 142 valence electrons. The number of nitro benzene ring substituents is 1. The summed E-state index contributed by atoms with van der Waals surface area (Å²) in [5.41, 5.74) is 0.774. The quantitative estimate of drug-likeness (QED) is 0.162. The molecule has 0 N–H and O–H groups in total. The summed E-state index contributed by atoms with van der Waals surface area (Å²) < 4.78 is 5.68. The average molecular weight is 388 g/mol. The third-order valence-electron chi connectivity index (χ3n) is 4.00. The smallest absolute Gasteiger partial charge is 0.288 e. The molecule has 5 nitrogen and oxygen atoms in total. The van der Waals surface area contributed by atoms with Gasteiger partial charge in [-0.25, -0.2) is 0 Å². The SMILES string of the molecule is CCCCCCOc1ccc(/C=C/C(=O)c2ccc(Cl)c([N+](=O)[O-])c2)cc1. The zero-order valence-electron chi connectivity index (χ0n) is 15.2. The van der Waals surface area contributed by atoms with Crippen LogP contribution in [0.5, 0.6) is 5.75 Å². The van der Waals surface area contributed by atoms with Crippen molar-refractivity contribution in [2.24, 2.45) is 0 Å². The fourth-order valence-electron chi connectivity index (χ4n) is 2.47. The number of allylic oxidation sites excluding steroid dienone is 1. The Hall–Kier alpha value is -2.66. The Morgan fingerprint density at radius 2 is 1.89 bits per heavy atom. The fourth-order valence-corrected chi connectivity index (χ4v) is 2.65. The highest BCUT2D eigenvalue weighted by Gasteiger charge is 2.14. The Balaban J connectivity index is 1.94. The Kier molecular flexibility index (Phi) is 8.01. The number of hydrogen-bond acceptors (Lipinski definition) is 4. The van der Waals surface area contributed by atoms with Crippen LogP contribution in [0.25, 0.3) is 6.08 Å². The van der Waals surface area contributed by atoms with Gasteiger partial charge in [0.1, 0.15) is 10.8 Å². The summed E-state index contributed by atoms with van der Waals surface area (Å²) >= 11 is 5.76. The van der Waals surface area contributed by atoms with E-state index in [0.717, 1.165) is 17.7 Å². The Morgan fingerprint density at radius 3 is 2.56 bits per heavy atom. The number of nitro groups is 1. The second-order valence-corrected chi connectivity index (χ2v) is 6.51. The second-order valence-electron chi connectivity index (χ2n) is 6.10. The summed E-state index contributed by atoms with van der Waals surface area (Å²) in [5.74, 6) is 0.467. The largest absolute Gasteiger partial charge is 0.494 e. The second kappa shape index (κ2) is 10.5. The Bertz CT molecular complexity index is 815. The van der Waals surface area contributed by atoms with Crippen molar-refractivity contribution >= 4 is 29.1 Å². The first-order valence-electron chi connectivity index (χ1n) is 8.90. The highest BCUT2D eigenvalue weighted by atomic mass is 35.5. The van der Waals surface area contributed by atoms with E-state index in [1.165, 1.54) is 43.5 Å². The normalized spacial score (nSPS) is 10.9. The molecule has 2 aromatic rings. The number of unbranched alkanes of at least 4 members (excludes halogenated alkanes) is 3. The van der Waals surface area contributed by atoms with Crippen molar-refractivity contribution < 1.29 is 14.5 Å². The third-order valence-corrected chi connectivity index (χ3v) is 4.32. The molecule has 0 radical (unpaired) electrons. The molecule has 0 saturated carbocycles. The first kappa shape index (κ1) is 20.6. The van der Waals surface area contributed by atoms with E-state index in [9.17, 15) is 14.9 Å². The van der Waals surface area contributed by atoms with Crippen molar-refractivity contribution in [3.8, 4) is 5.75 Å². The molecule has 0 spiro atoms. The number of halogens is 1. The maximum Gasteiger partial charge on any atom is 0.288 e. The zero-order valence-corrected chi connectivity index (χ0v) is 15.9. The molecular weight excluding hydrogens is 366 g/mol. The van der Waals surface area contributed by atoms with Gasteiger partial charge in [-0.05, 0) is 42.3 Å². The van der Waals surface area contributed by atoms with Crippen LogP contribution in [0.2, 0.25) is 5.02 Å². The molecule has 0 fully saturated rings. The lowest BCUT2D eigenvalue weighted by Gasteiger charge is -2.06. The number of ether oxygens (including phenoxy) is 1. The summed E-state index contributed by atoms with van der Waals surface area (Å²) in [6, 6.07) is 11.4. The zero-order chi connectivity index (χ0) is 19.6. The average Bonchev–Trinajstić information content (AvgIpc) is 2.67. The van der Waals surface area contributed by atoms with E-state index in [1.807, 2.05) is 24.3 Å². The number of hydrogen-bond donors (Lipinski definition) is 0.